The Morgan fingerprint density at radius 3 is 2.29 bits per heavy atom. The molecule has 0 aliphatic carbocycles. The lowest BCUT2D eigenvalue weighted by Crippen LogP contribution is -2.29. The van der Waals surface area contributed by atoms with Crippen LogP contribution >= 0.6 is 23.2 Å². The summed E-state index contributed by atoms with van der Waals surface area (Å²) < 4.78 is 11.7. The summed E-state index contributed by atoms with van der Waals surface area (Å²) in [5.41, 5.74) is 1.03. The number of carbonyl (C=O) groups is 2. The van der Waals surface area contributed by atoms with Gasteiger partial charge in [0.2, 0.25) is 5.88 Å². The molecule has 0 spiro atoms. The van der Waals surface area contributed by atoms with Crippen molar-refractivity contribution in [2.45, 2.75) is 6.54 Å². The van der Waals surface area contributed by atoms with Crippen LogP contribution < -0.4 is 15.5 Å². The zero-order valence-corrected chi connectivity index (χ0v) is 19.4. The zero-order valence-electron chi connectivity index (χ0n) is 17.9. The SMILES string of the molecule is COC(=O)Oc1c(CNC(=O)c2ccc(Cl)cc2)c(=O)c2ccc(Cl)cc2n1-c1ccccc1. The van der Waals surface area contributed by atoms with Crippen molar-refractivity contribution in [1.82, 2.24) is 9.88 Å². The Bertz CT molecular complexity index is 1430. The fourth-order valence-corrected chi connectivity index (χ4v) is 3.77. The number of amides is 1. The van der Waals surface area contributed by atoms with Crippen LogP contribution in [0.1, 0.15) is 15.9 Å². The van der Waals surface area contributed by atoms with Crippen LogP contribution in [0.2, 0.25) is 10.0 Å². The molecule has 1 aromatic heterocycles. The predicted molar refractivity (Wildman–Crippen MR) is 130 cm³/mol. The normalized spacial score (nSPS) is 10.7. The van der Waals surface area contributed by atoms with Crippen molar-refractivity contribution in [2.24, 2.45) is 0 Å². The lowest BCUT2D eigenvalue weighted by Gasteiger charge is -2.20. The molecule has 4 rings (SSSR count). The third kappa shape index (κ3) is 4.76. The molecule has 1 N–H and O–H groups in total. The minimum atomic E-state index is -1.02. The highest BCUT2D eigenvalue weighted by Crippen LogP contribution is 2.29. The summed E-state index contributed by atoms with van der Waals surface area (Å²) in [7, 11) is 1.16. The number of pyridine rings is 1. The molecule has 0 fully saturated rings. The summed E-state index contributed by atoms with van der Waals surface area (Å²) in [6.07, 6.45) is -1.02. The Morgan fingerprint density at radius 1 is 0.941 bits per heavy atom. The first-order valence-corrected chi connectivity index (χ1v) is 10.9. The van der Waals surface area contributed by atoms with Crippen LogP contribution in [0.15, 0.2) is 77.6 Å². The highest BCUT2D eigenvalue weighted by Gasteiger charge is 2.23. The molecule has 0 atom stereocenters. The standard InChI is InChI=1S/C25H18Cl2N2O5/c1-33-25(32)34-24-20(14-28-23(31)15-7-9-16(26)10-8-15)22(30)19-12-11-17(27)13-21(19)29(24)18-5-3-2-4-6-18/h2-13H,14H2,1H3,(H,28,31). The third-order valence-corrected chi connectivity index (χ3v) is 5.56. The summed E-state index contributed by atoms with van der Waals surface area (Å²) in [5.74, 6) is -0.517. The second-order valence-corrected chi connectivity index (χ2v) is 8.06. The smallest absolute Gasteiger partial charge is 0.437 e. The molecule has 0 unspecified atom stereocenters. The van der Waals surface area contributed by atoms with Crippen LogP contribution in [0.3, 0.4) is 0 Å². The minimum Gasteiger partial charge on any atom is -0.437 e. The van der Waals surface area contributed by atoms with Gasteiger partial charge in [-0.25, -0.2) is 4.79 Å². The zero-order chi connectivity index (χ0) is 24.2. The quantitative estimate of drug-likeness (QED) is 0.375. The third-order valence-electron chi connectivity index (χ3n) is 5.07. The predicted octanol–water partition coefficient (Wildman–Crippen LogP) is 5.37. The van der Waals surface area contributed by atoms with Gasteiger partial charge < -0.3 is 14.8 Å². The van der Waals surface area contributed by atoms with E-state index in [4.69, 9.17) is 27.9 Å². The van der Waals surface area contributed by atoms with Gasteiger partial charge in [-0.1, -0.05) is 41.4 Å². The van der Waals surface area contributed by atoms with Gasteiger partial charge in [0.25, 0.3) is 5.91 Å². The molecule has 0 aliphatic heterocycles. The first kappa shape index (κ1) is 23.4. The maximum Gasteiger partial charge on any atom is 0.514 e. The number of para-hydroxylation sites is 1. The number of carbonyl (C=O) groups excluding carboxylic acids is 2. The van der Waals surface area contributed by atoms with Crippen molar-refractivity contribution in [2.75, 3.05) is 7.11 Å². The van der Waals surface area contributed by atoms with E-state index in [1.54, 1.807) is 71.3 Å². The van der Waals surface area contributed by atoms with Crippen LogP contribution in [0, 0.1) is 0 Å². The van der Waals surface area contributed by atoms with Crippen LogP contribution in [-0.2, 0) is 11.3 Å². The molecule has 4 aromatic rings. The van der Waals surface area contributed by atoms with Crippen molar-refractivity contribution in [3.8, 4) is 11.6 Å². The average molecular weight is 497 g/mol. The van der Waals surface area contributed by atoms with Crippen LogP contribution in [0.25, 0.3) is 16.6 Å². The summed E-state index contributed by atoms with van der Waals surface area (Å²) in [5, 5.41) is 3.93. The highest BCUT2D eigenvalue weighted by atomic mass is 35.5. The van der Waals surface area contributed by atoms with Gasteiger partial charge >= 0.3 is 6.16 Å². The summed E-state index contributed by atoms with van der Waals surface area (Å²) in [4.78, 5) is 38.3. The Kier molecular flexibility index (Phi) is 6.86. The Labute approximate surface area is 204 Å². The van der Waals surface area contributed by atoms with Gasteiger partial charge in [0.1, 0.15) is 0 Å². The molecule has 0 bridgehead atoms. The number of hydrogen-bond acceptors (Lipinski definition) is 5. The van der Waals surface area contributed by atoms with E-state index in [9.17, 15) is 14.4 Å². The fourth-order valence-electron chi connectivity index (χ4n) is 3.47. The van der Waals surface area contributed by atoms with E-state index in [0.29, 0.717) is 32.2 Å². The van der Waals surface area contributed by atoms with E-state index < -0.39 is 17.5 Å². The van der Waals surface area contributed by atoms with Gasteiger partial charge in [-0.15, -0.1) is 0 Å². The van der Waals surface area contributed by atoms with Gasteiger partial charge in [-0.05, 0) is 54.6 Å². The molecular formula is C25H18Cl2N2O5. The molecular weight excluding hydrogens is 479 g/mol. The van der Waals surface area contributed by atoms with Gasteiger partial charge in [-0.3, -0.25) is 14.2 Å². The second kappa shape index (κ2) is 9.99. The maximum atomic E-state index is 13.5. The lowest BCUT2D eigenvalue weighted by molar-refractivity contribution is 0.0950. The number of hydrogen-bond donors (Lipinski definition) is 1. The first-order chi connectivity index (χ1) is 16.4. The number of aromatic nitrogens is 1. The molecule has 3 aromatic carbocycles. The van der Waals surface area contributed by atoms with Gasteiger partial charge in [-0.2, -0.15) is 0 Å². The topological polar surface area (TPSA) is 86.6 Å². The number of nitrogens with zero attached hydrogens (tertiary/aromatic N) is 1. The number of fused-ring (bicyclic) bond motifs is 1. The Balaban J connectivity index is 1.90. The largest absolute Gasteiger partial charge is 0.514 e. The van der Waals surface area contributed by atoms with E-state index in [1.165, 1.54) is 0 Å². The summed E-state index contributed by atoms with van der Waals surface area (Å²) in [6.45, 7) is -0.210. The Morgan fingerprint density at radius 2 is 1.62 bits per heavy atom. The van der Waals surface area contributed by atoms with E-state index in [1.807, 2.05) is 6.07 Å². The molecule has 0 aliphatic rings. The minimum absolute atomic E-state index is 0.0615. The molecule has 1 amide bonds. The van der Waals surface area contributed by atoms with Crippen molar-refractivity contribution >= 4 is 46.2 Å². The summed E-state index contributed by atoms with van der Waals surface area (Å²) >= 11 is 12.1. The number of methoxy groups -OCH3 is 1. The number of halogens is 2. The molecule has 1 heterocycles. The molecule has 0 radical (unpaired) electrons. The van der Waals surface area contributed by atoms with Gasteiger partial charge in [0.15, 0.2) is 5.43 Å². The molecule has 0 saturated heterocycles. The fraction of sp³-hybridized carbons (Fsp3) is 0.0800. The van der Waals surface area contributed by atoms with Gasteiger partial charge in [0, 0.05) is 26.7 Å². The van der Waals surface area contributed by atoms with Crippen molar-refractivity contribution < 1.29 is 19.1 Å². The molecule has 172 valence electrons. The Hall–Kier alpha value is -3.81. The van der Waals surface area contributed by atoms with E-state index in [2.05, 4.69) is 10.1 Å². The van der Waals surface area contributed by atoms with Crippen molar-refractivity contribution in [3.05, 3.63) is 104 Å². The molecule has 7 nitrogen and oxygen atoms in total. The van der Waals surface area contributed by atoms with Crippen molar-refractivity contribution in [1.29, 1.82) is 0 Å². The number of rotatable bonds is 5. The van der Waals surface area contributed by atoms with E-state index in [-0.39, 0.29) is 18.0 Å². The summed E-state index contributed by atoms with van der Waals surface area (Å²) in [6, 6.07) is 20.1. The number of benzene rings is 3. The first-order valence-electron chi connectivity index (χ1n) is 10.1. The van der Waals surface area contributed by atoms with Crippen LogP contribution in [-0.4, -0.2) is 23.7 Å². The molecule has 0 saturated carbocycles. The van der Waals surface area contributed by atoms with Crippen molar-refractivity contribution in [3.63, 3.8) is 0 Å². The second-order valence-electron chi connectivity index (χ2n) is 7.19. The van der Waals surface area contributed by atoms with E-state index in [0.717, 1.165) is 7.11 Å². The molecule has 9 heteroatoms. The monoisotopic (exact) mass is 496 g/mol. The highest BCUT2D eigenvalue weighted by molar-refractivity contribution is 6.31. The number of nitrogens with one attached hydrogen (secondary N) is 1. The maximum absolute atomic E-state index is 13.5. The lowest BCUT2D eigenvalue weighted by atomic mass is 10.1. The number of ether oxygens (including phenoxy) is 2. The average Bonchev–Trinajstić information content (AvgIpc) is 2.84. The van der Waals surface area contributed by atoms with E-state index >= 15 is 0 Å². The van der Waals surface area contributed by atoms with Crippen LogP contribution in [0.5, 0.6) is 5.88 Å². The van der Waals surface area contributed by atoms with Gasteiger partial charge in [0.05, 0.1) is 24.7 Å². The van der Waals surface area contributed by atoms with Crippen LogP contribution in [0.4, 0.5) is 4.79 Å². The molecule has 34 heavy (non-hydrogen) atoms.